The molecule has 0 saturated heterocycles. The van der Waals surface area contributed by atoms with Crippen LogP contribution in [0.3, 0.4) is 0 Å². The van der Waals surface area contributed by atoms with Crippen LogP contribution in [0.5, 0.6) is 11.5 Å². The van der Waals surface area contributed by atoms with E-state index in [9.17, 15) is 10.1 Å². The molecule has 0 amide bonds. The Labute approximate surface area is 154 Å². The van der Waals surface area contributed by atoms with Crippen molar-refractivity contribution in [2.75, 3.05) is 14.2 Å². The largest absolute Gasteiger partial charge is 0.493 e. The zero-order valence-corrected chi connectivity index (χ0v) is 14.7. The minimum Gasteiger partial charge on any atom is -0.493 e. The molecule has 26 heavy (non-hydrogen) atoms. The van der Waals surface area contributed by atoms with Crippen molar-refractivity contribution in [2.45, 2.75) is 0 Å². The molecule has 8 heteroatoms. The third-order valence-electron chi connectivity index (χ3n) is 3.68. The summed E-state index contributed by atoms with van der Waals surface area (Å²) in [5, 5.41) is 11.8. The van der Waals surface area contributed by atoms with Crippen molar-refractivity contribution in [3.05, 3.63) is 63.1 Å². The summed E-state index contributed by atoms with van der Waals surface area (Å²) in [4.78, 5) is 19.1. The molecule has 0 unspecified atom stereocenters. The lowest BCUT2D eigenvalue weighted by atomic mass is 10.2. The van der Waals surface area contributed by atoms with E-state index in [0.29, 0.717) is 33.8 Å². The summed E-state index contributed by atoms with van der Waals surface area (Å²) in [7, 11) is 3.07. The number of rotatable bonds is 5. The van der Waals surface area contributed by atoms with Crippen molar-refractivity contribution in [1.82, 2.24) is 9.97 Å². The maximum atomic E-state index is 10.8. The van der Waals surface area contributed by atoms with E-state index in [2.05, 4.69) is 9.97 Å². The van der Waals surface area contributed by atoms with Crippen LogP contribution >= 0.6 is 11.6 Å². The second-order valence-corrected chi connectivity index (χ2v) is 5.64. The van der Waals surface area contributed by atoms with Gasteiger partial charge in [-0.25, -0.2) is 9.97 Å². The third-order valence-corrected chi connectivity index (χ3v) is 3.97. The molecule has 132 valence electrons. The number of ether oxygens (including phenoxy) is 2. The van der Waals surface area contributed by atoms with Gasteiger partial charge < -0.3 is 9.47 Å². The van der Waals surface area contributed by atoms with Gasteiger partial charge in [0.25, 0.3) is 5.69 Å². The number of hydrogen-bond acceptors (Lipinski definition) is 6. The highest BCUT2D eigenvalue weighted by atomic mass is 35.5. The number of nitro benzene ring substituents is 1. The van der Waals surface area contributed by atoms with Gasteiger partial charge in [-0.1, -0.05) is 29.8 Å². The van der Waals surface area contributed by atoms with Crippen LogP contribution in [-0.2, 0) is 0 Å². The van der Waals surface area contributed by atoms with Crippen LogP contribution in [0.25, 0.3) is 23.1 Å². The lowest BCUT2D eigenvalue weighted by molar-refractivity contribution is -0.384. The molecular formula is C18H14ClN3O4. The Morgan fingerprint density at radius 2 is 1.81 bits per heavy atom. The summed E-state index contributed by atoms with van der Waals surface area (Å²) < 4.78 is 10.5. The van der Waals surface area contributed by atoms with Gasteiger partial charge in [0, 0.05) is 23.6 Å². The lowest BCUT2D eigenvalue weighted by Gasteiger charge is -2.09. The van der Waals surface area contributed by atoms with E-state index in [-0.39, 0.29) is 10.8 Å². The normalized spacial score (nSPS) is 11.0. The second-order valence-electron chi connectivity index (χ2n) is 5.28. The van der Waals surface area contributed by atoms with Gasteiger partial charge in [0.1, 0.15) is 5.15 Å². The Kier molecular flexibility index (Phi) is 4.99. The van der Waals surface area contributed by atoms with Crippen LogP contribution in [0.1, 0.15) is 11.4 Å². The topological polar surface area (TPSA) is 87.4 Å². The van der Waals surface area contributed by atoms with Crippen LogP contribution in [0, 0.1) is 10.1 Å². The van der Waals surface area contributed by atoms with Gasteiger partial charge in [0.05, 0.1) is 24.7 Å². The number of nitrogens with zero attached hydrogens (tertiary/aromatic N) is 3. The molecule has 0 saturated carbocycles. The molecule has 0 bridgehead atoms. The zero-order chi connectivity index (χ0) is 18.7. The molecule has 1 heterocycles. The zero-order valence-electron chi connectivity index (χ0n) is 14.0. The van der Waals surface area contributed by atoms with Crippen molar-refractivity contribution in [2.24, 2.45) is 0 Å². The minimum absolute atomic E-state index is 0.0152. The SMILES string of the molecule is COc1cc2nc(/C=C/c3cccc([N+](=O)[O-])c3)nc(Cl)c2cc1OC. The van der Waals surface area contributed by atoms with E-state index >= 15 is 0 Å². The number of aromatic nitrogens is 2. The summed E-state index contributed by atoms with van der Waals surface area (Å²) in [6.45, 7) is 0. The Morgan fingerprint density at radius 3 is 2.50 bits per heavy atom. The number of fused-ring (bicyclic) bond motifs is 1. The fourth-order valence-electron chi connectivity index (χ4n) is 2.42. The molecule has 0 aliphatic rings. The maximum absolute atomic E-state index is 10.8. The fourth-order valence-corrected chi connectivity index (χ4v) is 2.66. The van der Waals surface area contributed by atoms with Crippen molar-refractivity contribution in [3.63, 3.8) is 0 Å². The Balaban J connectivity index is 2.00. The molecule has 3 aromatic rings. The van der Waals surface area contributed by atoms with Crippen molar-refractivity contribution in [3.8, 4) is 11.5 Å². The first-order valence-corrected chi connectivity index (χ1v) is 7.91. The van der Waals surface area contributed by atoms with Crippen molar-refractivity contribution >= 4 is 40.3 Å². The Hall–Kier alpha value is -3.19. The molecule has 0 atom stereocenters. The van der Waals surface area contributed by atoms with E-state index in [4.69, 9.17) is 21.1 Å². The number of methoxy groups -OCH3 is 2. The van der Waals surface area contributed by atoms with Crippen LogP contribution in [-0.4, -0.2) is 29.1 Å². The van der Waals surface area contributed by atoms with Gasteiger partial charge in [-0.3, -0.25) is 10.1 Å². The highest BCUT2D eigenvalue weighted by molar-refractivity contribution is 6.34. The van der Waals surface area contributed by atoms with Crippen LogP contribution in [0.4, 0.5) is 5.69 Å². The Bertz CT molecular complexity index is 1020. The first-order chi connectivity index (χ1) is 12.5. The minimum atomic E-state index is -0.444. The smallest absolute Gasteiger partial charge is 0.270 e. The van der Waals surface area contributed by atoms with Gasteiger partial charge in [0.15, 0.2) is 17.3 Å². The molecule has 1 aromatic heterocycles. The molecule has 0 aliphatic heterocycles. The fraction of sp³-hybridized carbons (Fsp3) is 0.111. The van der Waals surface area contributed by atoms with Gasteiger partial charge in [-0.15, -0.1) is 0 Å². The van der Waals surface area contributed by atoms with Crippen molar-refractivity contribution in [1.29, 1.82) is 0 Å². The average molecular weight is 372 g/mol. The van der Waals surface area contributed by atoms with E-state index < -0.39 is 4.92 Å². The van der Waals surface area contributed by atoms with Gasteiger partial charge >= 0.3 is 0 Å². The monoisotopic (exact) mass is 371 g/mol. The molecule has 0 N–H and O–H groups in total. The van der Waals surface area contributed by atoms with Gasteiger partial charge in [-0.05, 0) is 17.7 Å². The molecule has 0 fully saturated rings. The predicted octanol–water partition coefficient (Wildman–Crippen LogP) is 4.38. The van der Waals surface area contributed by atoms with Gasteiger partial charge in [0.2, 0.25) is 0 Å². The summed E-state index contributed by atoms with van der Waals surface area (Å²) in [5.74, 6) is 1.44. The summed E-state index contributed by atoms with van der Waals surface area (Å²) in [6, 6.07) is 9.69. The average Bonchev–Trinajstić information content (AvgIpc) is 2.65. The Morgan fingerprint density at radius 1 is 1.08 bits per heavy atom. The first-order valence-electron chi connectivity index (χ1n) is 7.53. The summed E-state index contributed by atoms with van der Waals surface area (Å²) in [6.07, 6.45) is 3.33. The number of non-ortho nitro benzene ring substituents is 1. The van der Waals surface area contributed by atoms with E-state index in [0.717, 1.165) is 0 Å². The van der Waals surface area contributed by atoms with Gasteiger partial charge in [-0.2, -0.15) is 0 Å². The predicted molar refractivity (Wildman–Crippen MR) is 99.7 cm³/mol. The number of hydrogen-bond donors (Lipinski definition) is 0. The molecule has 0 radical (unpaired) electrons. The molecule has 0 spiro atoms. The standard InChI is InChI=1S/C18H14ClN3O4/c1-25-15-9-13-14(10-16(15)26-2)20-17(21-18(13)19)7-6-11-4-3-5-12(8-11)22(23)24/h3-10H,1-2H3/b7-6+. The molecule has 7 nitrogen and oxygen atoms in total. The van der Waals surface area contributed by atoms with Crippen LogP contribution in [0.2, 0.25) is 5.15 Å². The van der Waals surface area contributed by atoms with Crippen LogP contribution < -0.4 is 9.47 Å². The molecular weight excluding hydrogens is 358 g/mol. The first kappa shape index (κ1) is 17.6. The maximum Gasteiger partial charge on any atom is 0.270 e. The van der Waals surface area contributed by atoms with E-state index in [1.54, 1.807) is 36.4 Å². The highest BCUT2D eigenvalue weighted by Gasteiger charge is 2.11. The third kappa shape index (κ3) is 3.57. The van der Waals surface area contributed by atoms with Crippen molar-refractivity contribution < 1.29 is 14.4 Å². The van der Waals surface area contributed by atoms with E-state index in [1.807, 2.05) is 0 Å². The van der Waals surface area contributed by atoms with E-state index in [1.165, 1.54) is 26.4 Å². The van der Waals surface area contributed by atoms with Crippen LogP contribution in [0.15, 0.2) is 36.4 Å². The number of halogens is 1. The number of nitro groups is 1. The lowest BCUT2D eigenvalue weighted by Crippen LogP contribution is -1.95. The quantitative estimate of drug-likeness (QED) is 0.375. The molecule has 2 aromatic carbocycles. The summed E-state index contributed by atoms with van der Waals surface area (Å²) >= 11 is 6.26. The second kappa shape index (κ2) is 7.37. The number of benzene rings is 2. The highest BCUT2D eigenvalue weighted by Crippen LogP contribution is 2.34. The summed E-state index contributed by atoms with van der Waals surface area (Å²) in [5.41, 5.74) is 1.27. The molecule has 3 rings (SSSR count). The molecule has 0 aliphatic carbocycles.